The molecule has 0 amide bonds. The Morgan fingerprint density at radius 3 is 2.76 bits per heavy atom. The standard InChI is InChI=1S/C30H36O3/c1-4-8-23-18-28-27-13-11-22-17-24(32-19-21-9-6-5-7-10-21)12-14-25(22)26(27)15-16-30(28,3)29(23)33-20(2)31/h4-7,9-10,12,14,17,23,26-29H,1,8,11,13,15-16,18-19H2,2-3H3/t23-,26-,27-,28+,29+,30+/m1/s1. The van der Waals surface area contributed by atoms with E-state index in [0.717, 1.165) is 31.4 Å². The number of allylic oxidation sites excluding steroid dienone is 1. The Bertz CT molecular complexity index is 1010. The number of aryl methyl sites for hydroxylation is 1. The number of carbonyl (C=O) groups excluding carboxylic acids is 1. The number of esters is 1. The SMILES string of the molecule is C=CC[C@@H]1C[C@H]2[C@@H]3CCc4cc(OCc5ccccc5)ccc4[C@H]3CC[C@]2(C)[C@H]1OC(C)=O. The molecule has 0 aromatic heterocycles. The average molecular weight is 445 g/mol. The summed E-state index contributed by atoms with van der Waals surface area (Å²) in [6.07, 6.45) is 8.73. The molecule has 0 bridgehead atoms. The van der Waals surface area contributed by atoms with Crippen LogP contribution in [0.5, 0.6) is 5.75 Å². The van der Waals surface area contributed by atoms with Gasteiger partial charge in [-0.15, -0.1) is 6.58 Å². The molecule has 2 aromatic rings. The summed E-state index contributed by atoms with van der Waals surface area (Å²) in [5.41, 5.74) is 4.26. The molecule has 2 fully saturated rings. The summed E-state index contributed by atoms with van der Waals surface area (Å²) < 4.78 is 12.1. The minimum Gasteiger partial charge on any atom is -0.489 e. The predicted octanol–water partition coefficient (Wildman–Crippen LogP) is 6.86. The van der Waals surface area contributed by atoms with Gasteiger partial charge in [0.25, 0.3) is 0 Å². The van der Waals surface area contributed by atoms with Gasteiger partial charge in [0.05, 0.1) is 0 Å². The van der Waals surface area contributed by atoms with Crippen LogP contribution >= 0.6 is 0 Å². The molecule has 3 nitrogen and oxygen atoms in total. The molecule has 2 saturated carbocycles. The Morgan fingerprint density at radius 2 is 2.00 bits per heavy atom. The van der Waals surface area contributed by atoms with Crippen LogP contribution in [-0.2, 0) is 22.6 Å². The molecule has 0 spiro atoms. The highest BCUT2D eigenvalue weighted by atomic mass is 16.5. The van der Waals surface area contributed by atoms with Crippen LogP contribution in [0.2, 0.25) is 0 Å². The van der Waals surface area contributed by atoms with Gasteiger partial charge in [-0.2, -0.15) is 0 Å². The van der Waals surface area contributed by atoms with Crippen LogP contribution in [0.4, 0.5) is 0 Å². The first-order valence-electron chi connectivity index (χ1n) is 12.6. The van der Waals surface area contributed by atoms with Crippen molar-refractivity contribution >= 4 is 5.97 Å². The molecule has 0 aliphatic heterocycles. The molecule has 174 valence electrons. The molecular weight excluding hydrogens is 408 g/mol. The second-order valence-electron chi connectivity index (χ2n) is 10.6. The number of carbonyl (C=O) groups is 1. The molecule has 0 saturated heterocycles. The van der Waals surface area contributed by atoms with Gasteiger partial charge in [0.15, 0.2) is 0 Å². The van der Waals surface area contributed by atoms with Crippen molar-refractivity contribution < 1.29 is 14.3 Å². The fourth-order valence-corrected chi connectivity index (χ4v) is 7.37. The van der Waals surface area contributed by atoms with Crippen molar-refractivity contribution in [2.45, 2.75) is 71.0 Å². The molecule has 3 aliphatic carbocycles. The molecule has 0 radical (unpaired) electrons. The lowest BCUT2D eigenvalue weighted by molar-refractivity contribution is -0.157. The lowest BCUT2D eigenvalue weighted by Crippen LogP contribution is -2.45. The zero-order valence-corrected chi connectivity index (χ0v) is 20.0. The maximum atomic E-state index is 11.9. The van der Waals surface area contributed by atoms with E-state index in [1.54, 1.807) is 6.92 Å². The van der Waals surface area contributed by atoms with Crippen molar-refractivity contribution in [3.63, 3.8) is 0 Å². The Balaban J connectivity index is 1.35. The number of rotatable bonds is 6. The van der Waals surface area contributed by atoms with Crippen LogP contribution in [0.1, 0.15) is 68.6 Å². The summed E-state index contributed by atoms with van der Waals surface area (Å²) >= 11 is 0. The van der Waals surface area contributed by atoms with Crippen molar-refractivity contribution in [1.82, 2.24) is 0 Å². The third kappa shape index (κ3) is 4.11. The van der Waals surface area contributed by atoms with Crippen molar-refractivity contribution in [2.24, 2.45) is 23.2 Å². The van der Waals surface area contributed by atoms with Crippen LogP contribution < -0.4 is 4.74 Å². The van der Waals surface area contributed by atoms with E-state index in [2.05, 4.69) is 56.0 Å². The number of benzene rings is 2. The molecule has 0 heterocycles. The van der Waals surface area contributed by atoms with Crippen molar-refractivity contribution in [3.05, 3.63) is 77.9 Å². The van der Waals surface area contributed by atoms with Crippen LogP contribution in [-0.4, -0.2) is 12.1 Å². The molecule has 2 aromatic carbocycles. The third-order valence-electron chi connectivity index (χ3n) is 8.78. The fourth-order valence-electron chi connectivity index (χ4n) is 7.37. The van der Waals surface area contributed by atoms with E-state index in [1.165, 1.54) is 29.5 Å². The zero-order valence-electron chi connectivity index (χ0n) is 20.0. The van der Waals surface area contributed by atoms with Gasteiger partial charge in [0, 0.05) is 18.3 Å². The first-order valence-corrected chi connectivity index (χ1v) is 12.6. The van der Waals surface area contributed by atoms with Crippen molar-refractivity contribution in [2.75, 3.05) is 0 Å². The van der Waals surface area contributed by atoms with E-state index in [0.29, 0.717) is 30.3 Å². The molecule has 0 N–H and O–H groups in total. The molecule has 6 atom stereocenters. The first kappa shape index (κ1) is 22.3. The van der Waals surface area contributed by atoms with Gasteiger partial charge in [-0.25, -0.2) is 0 Å². The van der Waals surface area contributed by atoms with Crippen molar-refractivity contribution in [3.8, 4) is 5.75 Å². The quantitative estimate of drug-likeness (QED) is 0.361. The van der Waals surface area contributed by atoms with E-state index < -0.39 is 0 Å². The Hall–Kier alpha value is -2.55. The molecule has 33 heavy (non-hydrogen) atoms. The van der Waals surface area contributed by atoms with E-state index in [9.17, 15) is 4.79 Å². The second kappa shape index (κ2) is 9.00. The molecule has 5 rings (SSSR count). The number of hydrogen-bond donors (Lipinski definition) is 0. The normalized spacial score (nSPS) is 32.2. The summed E-state index contributed by atoms with van der Waals surface area (Å²) in [4.78, 5) is 11.9. The molecule has 0 unspecified atom stereocenters. The first-order chi connectivity index (χ1) is 16.0. The van der Waals surface area contributed by atoms with Crippen LogP contribution in [0, 0.1) is 23.2 Å². The molecular formula is C30H36O3. The maximum absolute atomic E-state index is 11.9. The smallest absolute Gasteiger partial charge is 0.302 e. The monoisotopic (exact) mass is 444 g/mol. The van der Waals surface area contributed by atoms with Gasteiger partial charge in [0.2, 0.25) is 0 Å². The number of ether oxygens (including phenoxy) is 2. The molecule has 3 aliphatic rings. The highest BCUT2D eigenvalue weighted by Gasteiger charge is 2.59. The van der Waals surface area contributed by atoms with E-state index >= 15 is 0 Å². The summed E-state index contributed by atoms with van der Waals surface area (Å²) in [5.74, 6) is 3.10. The largest absolute Gasteiger partial charge is 0.489 e. The van der Waals surface area contributed by atoms with Crippen LogP contribution in [0.3, 0.4) is 0 Å². The van der Waals surface area contributed by atoms with Gasteiger partial charge in [-0.1, -0.05) is 49.4 Å². The Kier molecular flexibility index (Phi) is 6.07. The summed E-state index contributed by atoms with van der Waals surface area (Å²) in [5, 5.41) is 0. The number of hydrogen-bond acceptors (Lipinski definition) is 3. The fraction of sp³-hybridized carbons (Fsp3) is 0.500. The lowest BCUT2D eigenvalue weighted by atomic mass is 9.55. The Morgan fingerprint density at radius 1 is 1.18 bits per heavy atom. The van der Waals surface area contributed by atoms with E-state index in [4.69, 9.17) is 9.47 Å². The number of fused-ring (bicyclic) bond motifs is 5. The lowest BCUT2D eigenvalue weighted by Gasteiger charge is -2.50. The summed E-state index contributed by atoms with van der Waals surface area (Å²) in [6.45, 7) is 8.53. The van der Waals surface area contributed by atoms with Gasteiger partial charge in [-0.3, -0.25) is 4.79 Å². The van der Waals surface area contributed by atoms with Gasteiger partial charge in [-0.05, 0) is 85.1 Å². The Labute approximate surface area is 198 Å². The van der Waals surface area contributed by atoms with E-state index in [1.807, 2.05) is 12.1 Å². The van der Waals surface area contributed by atoms with Gasteiger partial charge < -0.3 is 9.47 Å². The topological polar surface area (TPSA) is 35.5 Å². The average Bonchev–Trinajstić information content (AvgIpc) is 3.09. The highest BCUT2D eigenvalue weighted by Crippen LogP contribution is 2.63. The minimum absolute atomic E-state index is 0.0223. The van der Waals surface area contributed by atoms with Gasteiger partial charge in [0.1, 0.15) is 18.5 Å². The second-order valence-corrected chi connectivity index (χ2v) is 10.6. The van der Waals surface area contributed by atoms with Gasteiger partial charge >= 0.3 is 5.97 Å². The third-order valence-corrected chi connectivity index (χ3v) is 8.78. The van der Waals surface area contributed by atoms with E-state index in [-0.39, 0.29) is 17.5 Å². The van der Waals surface area contributed by atoms with Crippen LogP contribution in [0.15, 0.2) is 61.2 Å². The summed E-state index contributed by atoms with van der Waals surface area (Å²) in [6, 6.07) is 17.1. The zero-order chi connectivity index (χ0) is 23.0. The maximum Gasteiger partial charge on any atom is 0.302 e. The van der Waals surface area contributed by atoms with Crippen molar-refractivity contribution in [1.29, 1.82) is 0 Å². The summed E-state index contributed by atoms with van der Waals surface area (Å²) in [7, 11) is 0. The van der Waals surface area contributed by atoms with Crippen LogP contribution in [0.25, 0.3) is 0 Å². The molecule has 3 heteroatoms. The predicted molar refractivity (Wildman–Crippen MR) is 131 cm³/mol. The highest BCUT2D eigenvalue weighted by molar-refractivity contribution is 5.66. The minimum atomic E-state index is -0.143.